The second kappa shape index (κ2) is 4.60. The van der Waals surface area contributed by atoms with Crippen LogP contribution in [0.1, 0.15) is 36.0 Å². The molecule has 0 atom stereocenters. The molecule has 0 aromatic heterocycles. The fourth-order valence-corrected chi connectivity index (χ4v) is 2.59. The number of benzene rings is 1. The van der Waals surface area contributed by atoms with Crippen molar-refractivity contribution < 1.29 is 9.18 Å². The van der Waals surface area contributed by atoms with Crippen LogP contribution in [0.25, 0.3) is 0 Å². The summed E-state index contributed by atoms with van der Waals surface area (Å²) < 4.78 is 14.4. The highest BCUT2D eigenvalue weighted by Gasteiger charge is 2.25. The smallest absolute Gasteiger partial charge is 0.168 e. The van der Waals surface area contributed by atoms with Gasteiger partial charge in [0.25, 0.3) is 0 Å². The summed E-state index contributed by atoms with van der Waals surface area (Å²) >= 11 is 2.10. The molecule has 15 heavy (non-hydrogen) atoms. The van der Waals surface area contributed by atoms with Crippen LogP contribution in [0.15, 0.2) is 18.2 Å². The van der Waals surface area contributed by atoms with Crippen molar-refractivity contribution >= 4 is 28.4 Å². The number of carbonyl (C=O) groups excluding carboxylic acids is 1. The van der Waals surface area contributed by atoms with Crippen LogP contribution in [0.2, 0.25) is 0 Å². The number of carbonyl (C=O) groups is 1. The Bertz CT molecular complexity index is 383. The Morgan fingerprint density at radius 2 is 2.00 bits per heavy atom. The fourth-order valence-electron chi connectivity index (χ4n) is 2.09. The summed E-state index contributed by atoms with van der Waals surface area (Å²) in [6.07, 6.45) is 4.04. The summed E-state index contributed by atoms with van der Waals surface area (Å²) in [6.45, 7) is 0. The lowest BCUT2D eigenvalue weighted by molar-refractivity contribution is 0.0918. The van der Waals surface area contributed by atoms with Gasteiger partial charge in [-0.1, -0.05) is 12.8 Å². The topological polar surface area (TPSA) is 17.1 Å². The molecule has 0 radical (unpaired) electrons. The molecule has 1 aromatic carbocycles. The summed E-state index contributed by atoms with van der Waals surface area (Å²) in [5.41, 5.74) is 0.272. The Labute approximate surface area is 102 Å². The van der Waals surface area contributed by atoms with Crippen LogP contribution in [0.5, 0.6) is 0 Å². The number of rotatable bonds is 2. The van der Waals surface area contributed by atoms with Gasteiger partial charge >= 0.3 is 0 Å². The van der Waals surface area contributed by atoms with E-state index in [9.17, 15) is 9.18 Å². The van der Waals surface area contributed by atoms with Gasteiger partial charge in [0, 0.05) is 9.49 Å². The van der Waals surface area contributed by atoms with E-state index in [-0.39, 0.29) is 23.1 Å². The highest BCUT2D eigenvalue weighted by Crippen LogP contribution is 2.29. The van der Waals surface area contributed by atoms with Crippen molar-refractivity contribution in [3.63, 3.8) is 0 Å². The van der Waals surface area contributed by atoms with Gasteiger partial charge in [-0.15, -0.1) is 0 Å². The molecule has 2 rings (SSSR count). The first kappa shape index (κ1) is 11.0. The maximum absolute atomic E-state index is 13.4. The van der Waals surface area contributed by atoms with Crippen molar-refractivity contribution in [2.24, 2.45) is 5.92 Å². The molecule has 1 aliphatic rings. The van der Waals surface area contributed by atoms with E-state index in [0.29, 0.717) is 0 Å². The zero-order valence-electron chi connectivity index (χ0n) is 8.30. The van der Waals surface area contributed by atoms with E-state index in [1.165, 1.54) is 6.07 Å². The van der Waals surface area contributed by atoms with E-state index in [1.54, 1.807) is 12.1 Å². The van der Waals surface area contributed by atoms with E-state index in [1.807, 2.05) is 0 Å². The lowest BCUT2D eigenvalue weighted by Gasteiger charge is -2.08. The zero-order chi connectivity index (χ0) is 10.8. The SMILES string of the molecule is O=C(c1cc(I)ccc1F)C1CCCC1. The average Bonchev–Trinajstić information content (AvgIpc) is 2.74. The van der Waals surface area contributed by atoms with Crippen LogP contribution in [0, 0.1) is 15.3 Å². The van der Waals surface area contributed by atoms with Crippen molar-refractivity contribution in [1.29, 1.82) is 0 Å². The Kier molecular flexibility index (Phi) is 3.38. The maximum Gasteiger partial charge on any atom is 0.168 e. The zero-order valence-corrected chi connectivity index (χ0v) is 10.5. The Balaban J connectivity index is 2.27. The fraction of sp³-hybridized carbons (Fsp3) is 0.417. The summed E-state index contributed by atoms with van der Waals surface area (Å²) in [6, 6.07) is 4.71. The largest absolute Gasteiger partial charge is 0.294 e. The molecule has 0 N–H and O–H groups in total. The van der Waals surface area contributed by atoms with Gasteiger partial charge < -0.3 is 0 Å². The number of ketones is 1. The van der Waals surface area contributed by atoms with Crippen molar-refractivity contribution in [2.45, 2.75) is 25.7 Å². The molecule has 0 heterocycles. The van der Waals surface area contributed by atoms with Gasteiger partial charge in [-0.05, 0) is 53.6 Å². The Morgan fingerprint density at radius 1 is 1.33 bits per heavy atom. The maximum atomic E-state index is 13.4. The van der Waals surface area contributed by atoms with E-state index >= 15 is 0 Å². The van der Waals surface area contributed by atoms with Crippen molar-refractivity contribution in [3.05, 3.63) is 33.1 Å². The van der Waals surface area contributed by atoms with Crippen LogP contribution in [-0.4, -0.2) is 5.78 Å². The van der Waals surface area contributed by atoms with E-state index in [4.69, 9.17) is 0 Å². The molecule has 1 aliphatic carbocycles. The van der Waals surface area contributed by atoms with Gasteiger partial charge in [0.15, 0.2) is 5.78 Å². The van der Waals surface area contributed by atoms with Gasteiger partial charge in [-0.3, -0.25) is 4.79 Å². The lowest BCUT2D eigenvalue weighted by atomic mass is 9.96. The standard InChI is InChI=1S/C12H12FIO/c13-11-6-5-9(14)7-10(11)12(15)8-3-1-2-4-8/h5-8H,1-4H2. The van der Waals surface area contributed by atoms with E-state index in [2.05, 4.69) is 22.6 Å². The molecule has 0 aliphatic heterocycles. The second-order valence-corrected chi connectivity index (χ2v) is 5.22. The van der Waals surface area contributed by atoms with Gasteiger partial charge in [0.05, 0.1) is 5.56 Å². The van der Waals surface area contributed by atoms with Crippen molar-refractivity contribution in [1.82, 2.24) is 0 Å². The summed E-state index contributed by atoms with van der Waals surface area (Å²) in [4.78, 5) is 12.0. The molecule has 1 aromatic rings. The number of hydrogen-bond donors (Lipinski definition) is 0. The highest BCUT2D eigenvalue weighted by molar-refractivity contribution is 14.1. The molecule has 1 nitrogen and oxygen atoms in total. The molecular weight excluding hydrogens is 306 g/mol. The van der Waals surface area contributed by atoms with Gasteiger partial charge in [-0.25, -0.2) is 4.39 Å². The first-order chi connectivity index (χ1) is 7.18. The molecule has 1 fully saturated rings. The monoisotopic (exact) mass is 318 g/mol. The lowest BCUT2D eigenvalue weighted by Crippen LogP contribution is -2.13. The Morgan fingerprint density at radius 3 is 2.67 bits per heavy atom. The molecule has 0 spiro atoms. The third kappa shape index (κ3) is 2.38. The highest BCUT2D eigenvalue weighted by atomic mass is 127. The third-order valence-corrected chi connectivity index (χ3v) is 3.59. The van der Waals surface area contributed by atoms with Crippen LogP contribution >= 0.6 is 22.6 Å². The molecule has 0 bridgehead atoms. The minimum absolute atomic E-state index is 0.0106. The normalized spacial score (nSPS) is 16.9. The number of halogens is 2. The molecule has 0 saturated heterocycles. The molecule has 3 heteroatoms. The Hall–Kier alpha value is -0.450. The quantitative estimate of drug-likeness (QED) is 0.599. The molecular formula is C12H12FIO. The second-order valence-electron chi connectivity index (χ2n) is 3.97. The van der Waals surface area contributed by atoms with Crippen LogP contribution in [-0.2, 0) is 0 Å². The molecule has 0 unspecified atom stereocenters. The predicted octanol–water partition coefficient (Wildman–Crippen LogP) is 3.80. The summed E-state index contributed by atoms with van der Waals surface area (Å²) in [5, 5.41) is 0. The van der Waals surface area contributed by atoms with Gasteiger partial charge in [-0.2, -0.15) is 0 Å². The molecule has 80 valence electrons. The van der Waals surface area contributed by atoms with Gasteiger partial charge in [0.1, 0.15) is 5.82 Å². The van der Waals surface area contributed by atoms with Crippen molar-refractivity contribution in [3.8, 4) is 0 Å². The minimum Gasteiger partial charge on any atom is -0.294 e. The first-order valence-electron chi connectivity index (χ1n) is 5.18. The third-order valence-electron chi connectivity index (χ3n) is 2.92. The van der Waals surface area contributed by atoms with Crippen LogP contribution in [0.3, 0.4) is 0 Å². The minimum atomic E-state index is -0.382. The number of Topliss-reactive ketones (excluding diaryl/α,β-unsaturated/α-hetero) is 1. The molecule has 0 amide bonds. The van der Waals surface area contributed by atoms with Crippen LogP contribution < -0.4 is 0 Å². The first-order valence-corrected chi connectivity index (χ1v) is 6.25. The summed E-state index contributed by atoms with van der Waals surface area (Å²) in [7, 11) is 0. The van der Waals surface area contributed by atoms with E-state index < -0.39 is 0 Å². The van der Waals surface area contributed by atoms with E-state index in [0.717, 1.165) is 29.3 Å². The number of hydrogen-bond acceptors (Lipinski definition) is 1. The predicted molar refractivity (Wildman–Crippen MR) is 65.4 cm³/mol. The summed E-state index contributed by atoms with van der Waals surface area (Å²) in [5.74, 6) is -0.339. The molecule has 1 saturated carbocycles. The van der Waals surface area contributed by atoms with Crippen LogP contribution in [0.4, 0.5) is 4.39 Å². The van der Waals surface area contributed by atoms with Crippen molar-refractivity contribution in [2.75, 3.05) is 0 Å². The van der Waals surface area contributed by atoms with Gasteiger partial charge in [0.2, 0.25) is 0 Å². The average molecular weight is 318 g/mol.